The molecule has 1 aromatic rings. The van der Waals surface area contributed by atoms with Crippen LogP contribution in [-0.4, -0.2) is 22.2 Å². The van der Waals surface area contributed by atoms with Gasteiger partial charge in [-0.05, 0) is 11.1 Å². The Balaban J connectivity index is 2.45. The van der Waals surface area contributed by atoms with Crippen LogP contribution in [0.4, 0.5) is 0 Å². The number of fused-ring (bicyclic) bond motifs is 1. The molecule has 0 saturated heterocycles. The maximum Gasteiger partial charge on any atom is 0.322 e. The minimum absolute atomic E-state index is 0.0217. The molecule has 4 heteroatoms. The lowest BCUT2D eigenvalue weighted by molar-refractivity contribution is -0.161. The number of aliphatic carboxylic acids is 2. The molecule has 0 bridgehead atoms. The molecule has 77 valence electrons. The van der Waals surface area contributed by atoms with Crippen molar-refractivity contribution in [3.63, 3.8) is 0 Å². The fourth-order valence-corrected chi connectivity index (χ4v) is 1.82. The van der Waals surface area contributed by atoms with E-state index in [0.29, 0.717) is 5.56 Å². The maximum absolute atomic E-state index is 11.0. The summed E-state index contributed by atoms with van der Waals surface area (Å²) < 4.78 is 0. The quantitative estimate of drug-likeness (QED) is 0.705. The minimum atomic E-state index is -1.79. The van der Waals surface area contributed by atoms with Gasteiger partial charge >= 0.3 is 11.9 Å². The van der Waals surface area contributed by atoms with Crippen molar-refractivity contribution in [2.24, 2.45) is 5.41 Å². The number of hydrogen-bond donors (Lipinski definition) is 2. The molecule has 0 saturated carbocycles. The fourth-order valence-electron chi connectivity index (χ4n) is 1.82. The zero-order valence-corrected chi connectivity index (χ0v) is 7.80. The van der Waals surface area contributed by atoms with Crippen LogP contribution in [0.5, 0.6) is 0 Å². The van der Waals surface area contributed by atoms with Gasteiger partial charge in [-0.3, -0.25) is 9.59 Å². The van der Waals surface area contributed by atoms with Gasteiger partial charge in [0, 0.05) is 12.8 Å². The van der Waals surface area contributed by atoms with Crippen molar-refractivity contribution in [1.29, 1.82) is 0 Å². The Morgan fingerprint density at radius 1 is 1.13 bits per heavy atom. The van der Waals surface area contributed by atoms with Gasteiger partial charge in [0.15, 0.2) is 5.41 Å². The van der Waals surface area contributed by atoms with Crippen LogP contribution in [-0.2, 0) is 16.0 Å². The molecule has 15 heavy (non-hydrogen) atoms. The van der Waals surface area contributed by atoms with Crippen LogP contribution in [0.15, 0.2) is 24.3 Å². The first-order chi connectivity index (χ1) is 7.06. The summed E-state index contributed by atoms with van der Waals surface area (Å²) in [5.74, 6) is -2.63. The van der Waals surface area contributed by atoms with E-state index >= 15 is 0 Å². The van der Waals surface area contributed by atoms with Gasteiger partial charge in [-0.25, -0.2) is 0 Å². The molecular formula is C11H9O4. The summed E-state index contributed by atoms with van der Waals surface area (Å²) in [6, 6.07) is 7.00. The average molecular weight is 205 g/mol. The van der Waals surface area contributed by atoms with E-state index in [2.05, 4.69) is 0 Å². The molecule has 0 unspecified atom stereocenters. The lowest BCUT2D eigenvalue weighted by Crippen LogP contribution is -2.39. The third kappa shape index (κ3) is 1.29. The summed E-state index contributed by atoms with van der Waals surface area (Å²) in [4.78, 5) is 22.0. The van der Waals surface area contributed by atoms with Crippen molar-refractivity contribution >= 4 is 11.9 Å². The van der Waals surface area contributed by atoms with Crippen LogP contribution in [0.25, 0.3) is 0 Å². The summed E-state index contributed by atoms with van der Waals surface area (Å²) in [7, 11) is 0. The van der Waals surface area contributed by atoms with E-state index < -0.39 is 17.4 Å². The molecule has 4 nitrogen and oxygen atoms in total. The normalized spacial score (nSPS) is 17.1. The standard InChI is InChI=1S/C11H9O4/c12-9(13)11(10(14)15)5-7-3-1-2-4-8(7)6-11/h1-5H,6H2,(H,12,13)(H,14,15). The smallest absolute Gasteiger partial charge is 0.322 e. The number of carboxylic acid groups (broad SMARTS) is 2. The van der Waals surface area contributed by atoms with Gasteiger partial charge in [0.1, 0.15) is 0 Å². The molecule has 0 amide bonds. The topological polar surface area (TPSA) is 74.6 Å². The molecular weight excluding hydrogens is 196 g/mol. The molecule has 0 aliphatic heterocycles. The number of carbonyl (C=O) groups is 2. The SMILES string of the molecule is O=C(O)C1(C(=O)O)[CH]c2ccccc2C1. The molecule has 0 spiro atoms. The van der Waals surface area contributed by atoms with E-state index in [-0.39, 0.29) is 6.42 Å². The monoisotopic (exact) mass is 205 g/mol. The Labute approximate surface area is 86.2 Å². The Hall–Kier alpha value is -1.84. The van der Waals surface area contributed by atoms with Crippen molar-refractivity contribution in [2.45, 2.75) is 6.42 Å². The van der Waals surface area contributed by atoms with Crippen molar-refractivity contribution in [1.82, 2.24) is 0 Å². The summed E-state index contributed by atoms with van der Waals surface area (Å²) in [5.41, 5.74) is -0.325. The number of benzene rings is 1. The molecule has 2 rings (SSSR count). The van der Waals surface area contributed by atoms with Crippen LogP contribution < -0.4 is 0 Å². The van der Waals surface area contributed by atoms with Gasteiger partial charge in [-0.2, -0.15) is 0 Å². The first-order valence-corrected chi connectivity index (χ1v) is 4.47. The highest BCUT2D eigenvalue weighted by Gasteiger charge is 2.51. The van der Waals surface area contributed by atoms with Crippen molar-refractivity contribution in [3.05, 3.63) is 41.8 Å². The number of rotatable bonds is 2. The number of carboxylic acids is 2. The minimum Gasteiger partial charge on any atom is -0.480 e. The van der Waals surface area contributed by atoms with Crippen LogP contribution in [0, 0.1) is 11.8 Å². The van der Waals surface area contributed by atoms with Gasteiger partial charge in [-0.15, -0.1) is 0 Å². The predicted molar refractivity (Wildman–Crippen MR) is 51.3 cm³/mol. The van der Waals surface area contributed by atoms with E-state index in [1.54, 1.807) is 24.3 Å². The van der Waals surface area contributed by atoms with Crippen LogP contribution in [0.3, 0.4) is 0 Å². The van der Waals surface area contributed by atoms with Crippen LogP contribution >= 0.6 is 0 Å². The average Bonchev–Trinajstić information content (AvgIpc) is 2.57. The molecule has 0 atom stereocenters. The molecule has 0 fully saturated rings. The second kappa shape index (κ2) is 3.08. The highest BCUT2D eigenvalue weighted by molar-refractivity contribution is 6.02. The van der Waals surface area contributed by atoms with Crippen LogP contribution in [0.2, 0.25) is 0 Å². The van der Waals surface area contributed by atoms with Crippen molar-refractivity contribution < 1.29 is 19.8 Å². The van der Waals surface area contributed by atoms with E-state index in [1.807, 2.05) is 0 Å². The Kier molecular flexibility index (Phi) is 2.00. The van der Waals surface area contributed by atoms with Crippen molar-refractivity contribution in [2.75, 3.05) is 0 Å². The molecule has 1 aromatic carbocycles. The van der Waals surface area contributed by atoms with Gasteiger partial charge in [0.05, 0.1) is 0 Å². The Morgan fingerprint density at radius 2 is 1.73 bits per heavy atom. The molecule has 0 aromatic heterocycles. The first kappa shape index (κ1) is 9.71. The third-order valence-corrected chi connectivity index (χ3v) is 2.69. The highest BCUT2D eigenvalue weighted by Crippen LogP contribution is 2.39. The van der Waals surface area contributed by atoms with E-state index in [9.17, 15) is 9.59 Å². The second-order valence-electron chi connectivity index (χ2n) is 3.60. The van der Waals surface area contributed by atoms with E-state index in [4.69, 9.17) is 10.2 Å². The summed E-state index contributed by atoms with van der Waals surface area (Å²) >= 11 is 0. The maximum atomic E-state index is 11.0. The summed E-state index contributed by atoms with van der Waals surface area (Å²) in [5, 5.41) is 18.0. The first-order valence-electron chi connectivity index (χ1n) is 4.47. The molecule has 1 aliphatic carbocycles. The van der Waals surface area contributed by atoms with Crippen LogP contribution in [0.1, 0.15) is 11.1 Å². The Bertz CT molecular complexity index is 395. The lowest BCUT2D eigenvalue weighted by Gasteiger charge is -2.16. The zero-order chi connectivity index (χ0) is 11.1. The highest BCUT2D eigenvalue weighted by atomic mass is 16.4. The van der Waals surface area contributed by atoms with E-state index in [0.717, 1.165) is 5.56 Å². The summed E-state index contributed by atoms with van der Waals surface area (Å²) in [6.07, 6.45) is 1.33. The Morgan fingerprint density at radius 3 is 2.27 bits per heavy atom. The zero-order valence-electron chi connectivity index (χ0n) is 7.80. The third-order valence-electron chi connectivity index (χ3n) is 2.69. The van der Waals surface area contributed by atoms with Gasteiger partial charge < -0.3 is 10.2 Å². The molecule has 1 radical (unpaired) electrons. The molecule has 1 aliphatic rings. The van der Waals surface area contributed by atoms with Gasteiger partial charge in [0.2, 0.25) is 0 Å². The van der Waals surface area contributed by atoms with Gasteiger partial charge in [-0.1, -0.05) is 24.3 Å². The largest absolute Gasteiger partial charge is 0.480 e. The molecule has 0 heterocycles. The van der Waals surface area contributed by atoms with Crippen molar-refractivity contribution in [3.8, 4) is 0 Å². The number of hydrogen-bond acceptors (Lipinski definition) is 2. The summed E-state index contributed by atoms with van der Waals surface area (Å²) in [6.45, 7) is 0. The fraction of sp³-hybridized carbons (Fsp3) is 0.182. The predicted octanol–water partition coefficient (Wildman–Crippen LogP) is 0.951. The molecule has 2 N–H and O–H groups in total. The lowest BCUT2D eigenvalue weighted by atomic mass is 9.85. The van der Waals surface area contributed by atoms with E-state index in [1.165, 1.54) is 6.42 Å². The second-order valence-corrected chi connectivity index (χ2v) is 3.60. The van der Waals surface area contributed by atoms with Gasteiger partial charge in [0.25, 0.3) is 0 Å².